The Kier molecular flexibility index (Phi) is 8.48. The average molecular weight is 633 g/mol. The minimum absolute atomic E-state index is 0.248. The van der Waals surface area contributed by atoms with E-state index in [1.165, 1.54) is 30.9 Å². The van der Waals surface area contributed by atoms with Gasteiger partial charge in [0.05, 0.1) is 34.6 Å². The molecule has 0 radical (unpaired) electrons. The van der Waals surface area contributed by atoms with Gasteiger partial charge in [0, 0.05) is 49.0 Å². The van der Waals surface area contributed by atoms with Crippen molar-refractivity contribution < 1.29 is 21.6 Å². The number of hydrogen-bond donors (Lipinski definition) is 4. The second-order valence-electron chi connectivity index (χ2n) is 11.4. The number of dihydropyridines is 1. The van der Waals surface area contributed by atoms with E-state index in [9.17, 15) is 21.6 Å². The monoisotopic (exact) mass is 632 g/mol. The predicted octanol–water partition coefficient (Wildman–Crippen LogP) is 2.62. The van der Waals surface area contributed by atoms with Crippen LogP contribution in [0.1, 0.15) is 56.5 Å². The summed E-state index contributed by atoms with van der Waals surface area (Å²) in [7, 11) is -3.55. The van der Waals surface area contributed by atoms with Crippen LogP contribution in [0.25, 0.3) is 17.0 Å². The number of alkyl halides is 3. The molecule has 3 aromatic rings. The van der Waals surface area contributed by atoms with Gasteiger partial charge in [0.1, 0.15) is 6.67 Å². The molecule has 1 atom stereocenters. The number of nitrogens with two attached hydrogens (primary N) is 1. The molecule has 4 heterocycles. The Morgan fingerprint density at radius 3 is 2.66 bits per heavy atom. The second-order valence-corrected chi connectivity index (χ2v) is 13.5. The summed E-state index contributed by atoms with van der Waals surface area (Å²) in [6, 6.07) is 3.46. The van der Waals surface area contributed by atoms with Crippen molar-refractivity contribution in [1.29, 1.82) is 0 Å². The third-order valence-corrected chi connectivity index (χ3v) is 10.3. The molecule has 0 amide bonds. The maximum Gasteiger partial charge on any atom is 0.333 e. The van der Waals surface area contributed by atoms with Gasteiger partial charge in [0.2, 0.25) is 0 Å². The molecule has 3 aromatic heterocycles. The quantitative estimate of drug-likeness (QED) is 0.234. The van der Waals surface area contributed by atoms with Crippen LogP contribution in [-0.4, -0.2) is 68.4 Å². The smallest absolute Gasteiger partial charge is 0.333 e. The third kappa shape index (κ3) is 6.37. The molecule has 0 aromatic carbocycles. The fourth-order valence-electron chi connectivity index (χ4n) is 5.60. The number of rotatable bonds is 12. The van der Waals surface area contributed by atoms with Crippen molar-refractivity contribution in [1.82, 2.24) is 44.9 Å². The second kappa shape index (κ2) is 12.3. The van der Waals surface area contributed by atoms with Crippen LogP contribution in [0.3, 0.4) is 0 Å². The Balaban J connectivity index is 1.24. The highest BCUT2D eigenvalue weighted by molar-refractivity contribution is 7.90. The number of hydrogen-bond acceptors (Lipinski definition) is 10. The molecule has 0 bridgehead atoms. The summed E-state index contributed by atoms with van der Waals surface area (Å²) >= 11 is 0. The largest absolute Gasteiger partial charge is 0.384 e. The first kappa shape index (κ1) is 30.3. The lowest BCUT2D eigenvalue weighted by Crippen LogP contribution is -2.50. The normalized spacial score (nSPS) is 24.1. The van der Waals surface area contributed by atoms with Crippen LogP contribution in [0.15, 0.2) is 54.9 Å². The summed E-state index contributed by atoms with van der Waals surface area (Å²) in [4.78, 5) is 8.95. The molecular weight excluding hydrogens is 597 g/mol. The molecular formula is C28H35F3N10O2S. The van der Waals surface area contributed by atoms with Crippen LogP contribution in [0.5, 0.6) is 0 Å². The molecule has 2 fully saturated rings. The molecule has 44 heavy (non-hydrogen) atoms. The lowest BCUT2D eigenvalue weighted by atomic mass is 9.85. The van der Waals surface area contributed by atoms with Gasteiger partial charge >= 0.3 is 6.55 Å². The number of halogens is 3. The van der Waals surface area contributed by atoms with Crippen molar-refractivity contribution in [2.24, 2.45) is 11.7 Å². The van der Waals surface area contributed by atoms with Crippen LogP contribution in [-0.2, 0) is 15.7 Å². The molecule has 2 saturated carbocycles. The molecule has 0 saturated heterocycles. The summed E-state index contributed by atoms with van der Waals surface area (Å²) in [5.74, 6) is 0.605. The lowest BCUT2D eigenvalue weighted by Gasteiger charge is -2.34. The van der Waals surface area contributed by atoms with Gasteiger partial charge < -0.3 is 21.7 Å². The highest BCUT2D eigenvalue weighted by atomic mass is 32.2. The Labute approximate surface area is 253 Å². The van der Waals surface area contributed by atoms with E-state index in [0.29, 0.717) is 70.8 Å². The topological polar surface area (TPSA) is 158 Å². The van der Waals surface area contributed by atoms with Gasteiger partial charge in [0.15, 0.2) is 11.5 Å². The Bertz CT molecular complexity index is 1640. The molecule has 0 spiro atoms. The van der Waals surface area contributed by atoms with Crippen LogP contribution >= 0.6 is 0 Å². The van der Waals surface area contributed by atoms with E-state index >= 15 is 0 Å². The van der Waals surface area contributed by atoms with Crippen molar-refractivity contribution in [2.45, 2.75) is 62.0 Å². The van der Waals surface area contributed by atoms with Crippen molar-refractivity contribution in [2.75, 3.05) is 19.8 Å². The van der Waals surface area contributed by atoms with Gasteiger partial charge in [-0.25, -0.2) is 27.5 Å². The van der Waals surface area contributed by atoms with Crippen LogP contribution in [0.4, 0.5) is 13.2 Å². The molecule has 236 valence electrons. The number of nitrogens with zero attached hydrogens (tertiary/aromatic N) is 6. The molecule has 6 rings (SSSR count). The van der Waals surface area contributed by atoms with E-state index in [1.807, 2.05) is 0 Å². The van der Waals surface area contributed by atoms with Gasteiger partial charge in [-0.15, -0.1) is 0 Å². The molecule has 1 unspecified atom stereocenters. The highest BCUT2D eigenvalue weighted by Gasteiger charge is 2.38. The van der Waals surface area contributed by atoms with E-state index in [1.54, 1.807) is 18.3 Å². The molecule has 12 nitrogen and oxygen atoms in total. The summed E-state index contributed by atoms with van der Waals surface area (Å²) in [5.41, 5.74) is 7.84. The zero-order chi connectivity index (χ0) is 30.9. The summed E-state index contributed by atoms with van der Waals surface area (Å²) < 4.78 is 65.9. The first-order valence-electron chi connectivity index (χ1n) is 14.7. The van der Waals surface area contributed by atoms with Crippen molar-refractivity contribution >= 4 is 15.6 Å². The minimum Gasteiger partial charge on any atom is -0.384 e. The lowest BCUT2D eigenvalue weighted by molar-refractivity contribution is 0.0565. The van der Waals surface area contributed by atoms with E-state index in [0.717, 1.165) is 29.8 Å². The Hall–Kier alpha value is -3.76. The minimum atomic E-state index is -3.55. The standard InChI is InChI=1S/C28H35F3N10O2S/c29-9-11-33-20-3-1-18(2-4-20)14-35-24-13-28(32,36-16-22(24)23-8-12-40(39-23)27(30)31)25-7-10-34-26(38-25)19-15-37-41(17-19)44(42,43)21-5-6-21/h7-8,10,12-13,15-18,20-21,27,33,35-36H,1-6,9,11,14,32H2. The van der Waals surface area contributed by atoms with Gasteiger partial charge in [-0.2, -0.15) is 23.1 Å². The summed E-state index contributed by atoms with van der Waals surface area (Å²) in [5, 5.41) is 17.5. The van der Waals surface area contributed by atoms with Crippen LogP contribution in [0, 0.1) is 5.92 Å². The van der Waals surface area contributed by atoms with E-state index in [4.69, 9.17) is 5.73 Å². The van der Waals surface area contributed by atoms with Crippen molar-refractivity contribution in [3.63, 3.8) is 0 Å². The van der Waals surface area contributed by atoms with Gasteiger partial charge in [-0.3, -0.25) is 0 Å². The Morgan fingerprint density at radius 1 is 1.16 bits per heavy atom. The van der Waals surface area contributed by atoms with Crippen LogP contribution < -0.4 is 21.7 Å². The first-order chi connectivity index (χ1) is 21.2. The average Bonchev–Trinajstić information content (AvgIpc) is 3.56. The molecule has 16 heteroatoms. The van der Waals surface area contributed by atoms with E-state index < -0.39 is 27.5 Å². The fourth-order valence-corrected chi connectivity index (χ4v) is 7.08. The van der Waals surface area contributed by atoms with Crippen molar-refractivity contribution in [3.05, 3.63) is 66.3 Å². The number of allylic oxidation sites excluding steroid dienone is 1. The summed E-state index contributed by atoms with van der Waals surface area (Å²) in [6.45, 7) is -2.19. The van der Waals surface area contributed by atoms with Crippen molar-refractivity contribution in [3.8, 4) is 11.4 Å². The van der Waals surface area contributed by atoms with Gasteiger partial charge in [-0.1, -0.05) is 0 Å². The molecule has 3 aliphatic rings. The van der Waals surface area contributed by atoms with Gasteiger partial charge in [-0.05, 0) is 62.7 Å². The summed E-state index contributed by atoms with van der Waals surface area (Å²) in [6.07, 6.45) is 13.9. The van der Waals surface area contributed by atoms with E-state index in [2.05, 4.69) is 36.1 Å². The zero-order valence-electron chi connectivity index (χ0n) is 23.9. The molecule has 1 aliphatic heterocycles. The predicted molar refractivity (Wildman–Crippen MR) is 157 cm³/mol. The number of aromatic nitrogens is 6. The zero-order valence-corrected chi connectivity index (χ0v) is 24.7. The van der Waals surface area contributed by atoms with Crippen LogP contribution in [0.2, 0.25) is 0 Å². The molecule has 2 aliphatic carbocycles. The Morgan fingerprint density at radius 2 is 1.95 bits per heavy atom. The first-order valence-corrected chi connectivity index (χ1v) is 16.2. The highest BCUT2D eigenvalue weighted by Crippen LogP contribution is 2.32. The SMILES string of the molecule is NC1(c2ccnc(-c3cnn(S(=O)(=O)C4CC4)c3)n2)C=C(NCC2CCC(NCCF)CC2)C(c2ccn(C(F)F)n2)=CN1. The molecule has 5 N–H and O–H groups in total. The van der Waals surface area contributed by atoms with Gasteiger partial charge in [0.25, 0.3) is 10.0 Å². The third-order valence-electron chi connectivity index (χ3n) is 8.26. The maximum absolute atomic E-state index is 13.3. The fraction of sp³-hybridized carbons (Fsp3) is 0.500. The van der Waals surface area contributed by atoms with E-state index in [-0.39, 0.29) is 12.5 Å². The number of nitrogens with one attached hydrogen (secondary N) is 3. The maximum atomic E-state index is 13.3.